The zero-order valence-electron chi connectivity index (χ0n) is 12.9. The van der Waals surface area contributed by atoms with Gasteiger partial charge < -0.3 is 20.4 Å². The quantitative estimate of drug-likeness (QED) is 0.777. The molecule has 2 rings (SSSR count). The molecular weight excluding hydrogens is 268 g/mol. The first-order valence-corrected chi connectivity index (χ1v) is 6.95. The molecule has 3 N–H and O–H groups in total. The zero-order valence-corrected chi connectivity index (χ0v) is 12.9. The van der Waals surface area contributed by atoms with Crippen molar-refractivity contribution in [3.63, 3.8) is 0 Å². The number of carbonyl (C=O) groups is 1. The van der Waals surface area contributed by atoms with Crippen molar-refractivity contribution in [1.82, 2.24) is 19.7 Å². The maximum atomic E-state index is 11.8. The van der Waals surface area contributed by atoms with E-state index < -0.39 is 0 Å². The number of carbonyl (C=O) groups excluding carboxylic acids is 1. The molecule has 0 aromatic carbocycles. The van der Waals surface area contributed by atoms with Crippen LogP contribution in [-0.2, 0) is 4.79 Å². The first kappa shape index (κ1) is 15.1. The van der Waals surface area contributed by atoms with Gasteiger partial charge in [-0.2, -0.15) is 0 Å². The Labute approximate surface area is 124 Å². The van der Waals surface area contributed by atoms with E-state index in [4.69, 9.17) is 0 Å². The van der Waals surface area contributed by atoms with Gasteiger partial charge in [0.05, 0.1) is 6.20 Å². The van der Waals surface area contributed by atoms with Gasteiger partial charge in [0.1, 0.15) is 5.82 Å². The van der Waals surface area contributed by atoms with Crippen LogP contribution in [0.2, 0.25) is 0 Å². The minimum Gasteiger partial charge on any atom is -0.372 e. The summed E-state index contributed by atoms with van der Waals surface area (Å²) in [6, 6.07) is 0. The first-order valence-electron chi connectivity index (χ1n) is 6.95. The lowest BCUT2D eigenvalue weighted by atomic mass is 10.1. The Morgan fingerprint density at radius 3 is 2.81 bits per heavy atom. The highest BCUT2D eigenvalue weighted by molar-refractivity contribution is 5.77. The van der Waals surface area contributed by atoms with Crippen LogP contribution in [0.5, 0.6) is 0 Å². The van der Waals surface area contributed by atoms with E-state index in [2.05, 4.69) is 25.9 Å². The summed E-state index contributed by atoms with van der Waals surface area (Å²) >= 11 is 0. The fourth-order valence-electron chi connectivity index (χ4n) is 1.95. The van der Waals surface area contributed by atoms with Crippen LogP contribution in [0, 0.1) is 0 Å². The summed E-state index contributed by atoms with van der Waals surface area (Å²) in [4.78, 5) is 20.5. The number of nitrogens with one attached hydrogen (secondary N) is 3. The lowest BCUT2D eigenvalue weighted by Crippen LogP contribution is -2.41. The van der Waals surface area contributed by atoms with Crippen molar-refractivity contribution in [2.75, 3.05) is 24.2 Å². The molecule has 7 nitrogen and oxygen atoms in total. The molecular formula is C14H22N6O. The lowest BCUT2D eigenvalue weighted by Gasteiger charge is -2.20. The van der Waals surface area contributed by atoms with Gasteiger partial charge in [0.25, 0.3) is 0 Å². The van der Waals surface area contributed by atoms with Crippen LogP contribution in [0.25, 0.3) is 5.65 Å². The molecule has 2 heterocycles. The van der Waals surface area contributed by atoms with Gasteiger partial charge in [-0.15, -0.1) is 0 Å². The lowest BCUT2D eigenvalue weighted by molar-refractivity contribution is -0.122. The van der Waals surface area contributed by atoms with Crippen LogP contribution in [0.1, 0.15) is 27.2 Å². The number of anilines is 2. The van der Waals surface area contributed by atoms with Gasteiger partial charge in [-0.25, -0.2) is 9.97 Å². The third kappa shape index (κ3) is 4.08. The predicted octanol–water partition coefficient (Wildman–Crippen LogP) is 1.49. The maximum absolute atomic E-state index is 11.8. The molecule has 2 aromatic rings. The van der Waals surface area contributed by atoms with Crippen molar-refractivity contribution >= 4 is 23.2 Å². The molecule has 0 aliphatic carbocycles. The van der Waals surface area contributed by atoms with E-state index in [9.17, 15) is 4.79 Å². The number of amides is 1. The Hall–Kier alpha value is -2.31. The van der Waals surface area contributed by atoms with Gasteiger partial charge in [-0.1, -0.05) is 0 Å². The van der Waals surface area contributed by atoms with Crippen LogP contribution in [0.4, 0.5) is 11.6 Å². The summed E-state index contributed by atoms with van der Waals surface area (Å²) in [7, 11) is 1.81. The Balaban J connectivity index is 2.00. The van der Waals surface area contributed by atoms with Gasteiger partial charge in [0.15, 0.2) is 11.5 Å². The van der Waals surface area contributed by atoms with Crippen molar-refractivity contribution in [2.24, 2.45) is 0 Å². The molecule has 0 bridgehead atoms. The minimum absolute atomic E-state index is 0.0131. The largest absolute Gasteiger partial charge is 0.372 e. The summed E-state index contributed by atoms with van der Waals surface area (Å²) in [5.41, 5.74) is 0.530. The third-order valence-corrected chi connectivity index (χ3v) is 2.79. The Morgan fingerprint density at radius 1 is 1.38 bits per heavy atom. The summed E-state index contributed by atoms with van der Waals surface area (Å²) in [6.07, 6.45) is 5.82. The van der Waals surface area contributed by atoms with Crippen molar-refractivity contribution in [3.8, 4) is 0 Å². The number of hydrogen-bond donors (Lipinski definition) is 3. The number of imidazole rings is 1. The van der Waals surface area contributed by atoms with E-state index in [1.54, 1.807) is 6.20 Å². The Bertz CT molecular complexity index is 628. The van der Waals surface area contributed by atoms with Gasteiger partial charge in [0.2, 0.25) is 5.91 Å². The molecule has 0 aliphatic rings. The van der Waals surface area contributed by atoms with Crippen molar-refractivity contribution in [2.45, 2.75) is 32.7 Å². The number of hydrogen-bond acceptors (Lipinski definition) is 5. The van der Waals surface area contributed by atoms with Crippen LogP contribution in [0.3, 0.4) is 0 Å². The fourth-order valence-corrected chi connectivity index (χ4v) is 1.95. The second-order valence-corrected chi connectivity index (χ2v) is 5.86. The standard InChI is InChI=1S/C14H22N6O/c1-14(2,3)19-11(21)5-6-16-12-13-17-7-8-20(13)9-10(15-4)18-12/h7-9,15H,5-6H2,1-4H3,(H,16,18)(H,19,21). The predicted molar refractivity (Wildman–Crippen MR) is 83.5 cm³/mol. The van der Waals surface area contributed by atoms with Gasteiger partial charge >= 0.3 is 0 Å². The minimum atomic E-state index is -0.211. The highest BCUT2D eigenvalue weighted by Gasteiger charge is 2.13. The molecule has 0 spiro atoms. The average Bonchev–Trinajstić information content (AvgIpc) is 2.84. The van der Waals surface area contributed by atoms with Crippen LogP contribution in [-0.4, -0.2) is 39.4 Å². The molecule has 0 fully saturated rings. The Kier molecular flexibility index (Phi) is 4.30. The zero-order chi connectivity index (χ0) is 15.5. The number of rotatable bonds is 5. The normalized spacial score (nSPS) is 11.4. The molecule has 21 heavy (non-hydrogen) atoms. The molecule has 114 valence electrons. The first-order chi connectivity index (χ1) is 9.89. The molecule has 2 aromatic heterocycles. The average molecular weight is 290 g/mol. The third-order valence-electron chi connectivity index (χ3n) is 2.79. The Morgan fingerprint density at radius 2 is 2.14 bits per heavy atom. The van der Waals surface area contributed by atoms with Crippen LogP contribution in [0.15, 0.2) is 18.6 Å². The maximum Gasteiger partial charge on any atom is 0.222 e. The molecule has 0 atom stereocenters. The van der Waals surface area contributed by atoms with Crippen LogP contribution < -0.4 is 16.0 Å². The van der Waals surface area contributed by atoms with E-state index in [0.717, 1.165) is 11.5 Å². The summed E-state index contributed by atoms with van der Waals surface area (Å²) in [6.45, 7) is 6.39. The highest BCUT2D eigenvalue weighted by Crippen LogP contribution is 2.15. The summed E-state index contributed by atoms with van der Waals surface area (Å²) < 4.78 is 1.89. The van der Waals surface area contributed by atoms with Crippen molar-refractivity contribution in [3.05, 3.63) is 18.6 Å². The smallest absolute Gasteiger partial charge is 0.222 e. The van der Waals surface area contributed by atoms with E-state index >= 15 is 0 Å². The molecule has 1 amide bonds. The monoisotopic (exact) mass is 290 g/mol. The highest BCUT2D eigenvalue weighted by atomic mass is 16.1. The summed E-state index contributed by atoms with van der Waals surface area (Å²) in [5.74, 6) is 1.41. The fraction of sp³-hybridized carbons (Fsp3) is 0.500. The number of aromatic nitrogens is 3. The van der Waals surface area contributed by atoms with Gasteiger partial charge in [-0.05, 0) is 20.8 Å². The molecule has 0 aliphatic heterocycles. The van der Waals surface area contributed by atoms with Gasteiger partial charge in [0, 0.05) is 37.9 Å². The molecule has 7 heteroatoms. The van der Waals surface area contributed by atoms with Gasteiger partial charge in [-0.3, -0.25) is 4.79 Å². The van der Waals surface area contributed by atoms with Crippen molar-refractivity contribution in [1.29, 1.82) is 0 Å². The van der Waals surface area contributed by atoms with E-state index in [0.29, 0.717) is 18.8 Å². The van der Waals surface area contributed by atoms with Crippen LogP contribution >= 0.6 is 0 Å². The van der Waals surface area contributed by atoms with E-state index in [1.165, 1.54) is 0 Å². The van der Waals surface area contributed by atoms with Crippen molar-refractivity contribution < 1.29 is 4.79 Å². The van der Waals surface area contributed by atoms with E-state index in [-0.39, 0.29) is 11.4 Å². The molecule has 0 saturated carbocycles. The molecule has 0 radical (unpaired) electrons. The van der Waals surface area contributed by atoms with E-state index in [1.807, 2.05) is 44.6 Å². The SMILES string of the molecule is CNc1cn2ccnc2c(NCCC(=O)NC(C)(C)C)n1. The topological polar surface area (TPSA) is 83.3 Å². The molecule has 0 unspecified atom stereocenters. The summed E-state index contributed by atoms with van der Waals surface area (Å²) in [5, 5.41) is 9.10. The second-order valence-electron chi connectivity index (χ2n) is 5.86. The number of fused-ring (bicyclic) bond motifs is 1. The second kappa shape index (κ2) is 5.99. The molecule has 0 saturated heterocycles. The number of nitrogens with zero attached hydrogens (tertiary/aromatic N) is 3.